The number of anilines is 1. The van der Waals surface area contributed by atoms with Crippen LogP contribution in [0.1, 0.15) is 17.4 Å². The maximum Gasteiger partial charge on any atom is 0.0377 e. The van der Waals surface area contributed by atoms with Crippen LogP contribution < -0.4 is 10.6 Å². The molecule has 108 valence electrons. The van der Waals surface area contributed by atoms with Gasteiger partial charge in [-0.25, -0.2) is 0 Å². The zero-order chi connectivity index (χ0) is 14.5. The molecule has 1 heterocycles. The maximum absolute atomic E-state index is 5.62. The van der Waals surface area contributed by atoms with Crippen LogP contribution in [0.25, 0.3) is 0 Å². The van der Waals surface area contributed by atoms with Gasteiger partial charge in [-0.1, -0.05) is 28.1 Å². The third kappa shape index (κ3) is 3.84. The van der Waals surface area contributed by atoms with Crippen molar-refractivity contribution < 1.29 is 0 Å². The van der Waals surface area contributed by atoms with Crippen molar-refractivity contribution in [3.05, 3.63) is 50.6 Å². The van der Waals surface area contributed by atoms with E-state index in [1.54, 1.807) is 0 Å². The van der Waals surface area contributed by atoms with Crippen molar-refractivity contribution in [3.63, 3.8) is 0 Å². The number of hydrogen-bond donors (Lipinski definition) is 1. The molecule has 0 aliphatic heterocycles. The lowest BCUT2D eigenvalue weighted by Crippen LogP contribution is -2.30. The zero-order valence-electron chi connectivity index (χ0n) is 12.0. The fourth-order valence-electron chi connectivity index (χ4n) is 2.23. The quantitative estimate of drug-likeness (QED) is 0.848. The maximum atomic E-state index is 5.62. The molecule has 0 aliphatic rings. The van der Waals surface area contributed by atoms with Gasteiger partial charge < -0.3 is 10.6 Å². The van der Waals surface area contributed by atoms with E-state index in [9.17, 15) is 0 Å². The lowest BCUT2D eigenvalue weighted by Gasteiger charge is -2.27. The molecule has 1 unspecified atom stereocenters. The topological polar surface area (TPSA) is 29.3 Å². The molecule has 0 spiro atoms. The summed E-state index contributed by atoms with van der Waals surface area (Å²) in [6.07, 6.45) is 1.99. The molecule has 2 aromatic rings. The highest BCUT2D eigenvalue weighted by Crippen LogP contribution is 2.26. The summed E-state index contributed by atoms with van der Waals surface area (Å²) >= 11 is 5.47. The van der Waals surface area contributed by atoms with E-state index in [1.165, 1.54) is 16.1 Å². The Morgan fingerprint density at radius 2 is 2.15 bits per heavy atom. The van der Waals surface area contributed by atoms with Gasteiger partial charge in [0.1, 0.15) is 0 Å². The molecule has 1 atom stereocenters. The number of nitrogens with two attached hydrogens (primary N) is 1. The summed E-state index contributed by atoms with van der Waals surface area (Å²) in [5.41, 5.74) is 8.13. The van der Waals surface area contributed by atoms with Gasteiger partial charge in [0.05, 0.1) is 0 Å². The second kappa shape index (κ2) is 7.25. The number of benzene rings is 1. The molecule has 0 saturated carbocycles. The number of likely N-dealkylation sites (N-methyl/N-ethyl adjacent to an activating group) is 1. The van der Waals surface area contributed by atoms with Gasteiger partial charge in [0.2, 0.25) is 0 Å². The third-order valence-electron chi connectivity index (χ3n) is 3.60. The molecule has 1 aromatic heterocycles. The molecule has 0 saturated heterocycles. The molecule has 0 bridgehead atoms. The standard InChI is InChI=1S/C16H21BrN2S/c1-12(10-15-4-3-9-20-15)19(2)14-6-5-13(7-8-18)16(17)11-14/h3-6,9,11-12H,7-8,10,18H2,1-2H3. The average Bonchev–Trinajstić information content (AvgIpc) is 2.93. The Bertz CT molecular complexity index is 539. The van der Waals surface area contributed by atoms with E-state index in [1.807, 2.05) is 11.3 Å². The summed E-state index contributed by atoms with van der Waals surface area (Å²) in [5, 5.41) is 2.14. The molecule has 20 heavy (non-hydrogen) atoms. The molecule has 0 radical (unpaired) electrons. The van der Waals surface area contributed by atoms with Gasteiger partial charge >= 0.3 is 0 Å². The number of hydrogen-bond acceptors (Lipinski definition) is 3. The normalized spacial score (nSPS) is 12.4. The molecule has 2 N–H and O–H groups in total. The van der Waals surface area contributed by atoms with Crippen molar-refractivity contribution in [1.82, 2.24) is 0 Å². The minimum Gasteiger partial charge on any atom is -0.371 e. The Hall–Kier alpha value is -0.840. The highest BCUT2D eigenvalue weighted by Gasteiger charge is 2.12. The fourth-order valence-corrected chi connectivity index (χ4v) is 3.62. The lowest BCUT2D eigenvalue weighted by molar-refractivity contribution is 0.688. The summed E-state index contributed by atoms with van der Waals surface area (Å²) in [5.74, 6) is 0. The van der Waals surface area contributed by atoms with E-state index in [0.29, 0.717) is 12.6 Å². The van der Waals surface area contributed by atoms with Crippen molar-refractivity contribution >= 4 is 33.0 Å². The smallest absolute Gasteiger partial charge is 0.0377 e. The molecule has 2 rings (SSSR count). The molecule has 1 aromatic carbocycles. The highest BCUT2D eigenvalue weighted by atomic mass is 79.9. The van der Waals surface area contributed by atoms with E-state index in [0.717, 1.165) is 17.3 Å². The molecule has 0 aliphatic carbocycles. The Labute approximate surface area is 133 Å². The van der Waals surface area contributed by atoms with Gasteiger partial charge in [0, 0.05) is 34.5 Å². The molecule has 0 fully saturated rings. The number of rotatable bonds is 6. The first kappa shape index (κ1) is 15.5. The number of halogens is 1. The first-order valence-electron chi connectivity index (χ1n) is 6.85. The monoisotopic (exact) mass is 352 g/mol. The summed E-state index contributed by atoms with van der Waals surface area (Å²) < 4.78 is 1.15. The summed E-state index contributed by atoms with van der Waals surface area (Å²) in [4.78, 5) is 3.76. The van der Waals surface area contributed by atoms with Crippen LogP contribution >= 0.6 is 27.3 Å². The van der Waals surface area contributed by atoms with Crippen molar-refractivity contribution in [2.24, 2.45) is 5.73 Å². The van der Waals surface area contributed by atoms with Crippen LogP contribution in [0.4, 0.5) is 5.69 Å². The average molecular weight is 353 g/mol. The fraction of sp³-hybridized carbons (Fsp3) is 0.375. The SMILES string of the molecule is CC(Cc1cccs1)N(C)c1ccc(CCN)c(Br)c1. The minimum atomic E-state index is 0.473. The Balaban J connectivity index is 2.08. The second-order valence-corrected chi connectivity index (χ2v) is 6.94. The van der Waals surface area contributed by atoms with E-state index >= 15 is 0 Å². The number of thiophene rings is 1. The Kier molecular flexibility index (Phi) is 5.64. The van der Waals surface area contributed by atoms with E-state index in [-0.39, 0.29) is 0 Å². The third-order valence-corrected chi connectivity index (χ3v) is 5.23. The van der Waals surface area contributed by atoms with Gasteiger partial charge in [0.15, 0.2) is 0 Å². The molecule has 2 nitrogen and oxygen atoms in total. The van der Waals surface area contributed by atoms with Crippen molar-refractivity contribution in [2.75, 3.05) is 18.5 Å². The Morgan fingerprint density at radius 3 is 2.75 bits per heavy atom. The second-order valence-electron chi connectivity index (χ2n) is 5.06. The molecule has 0 amide bonds. The van der Waals surface area contributed by atoms with E-state index < -0.39 is 0 Å². The minimum absolute atomic E-state index is 0.473. The van der Waals surface area contributed by atoms with E-state index in [2.05, 4.69) is 70.5 Å². The summed E-state index contributed by atoms with van der Waals surface area (Å²) in [7, 11) is 2.16. The predicted molar refractivity (Wildman–Crippen MR) is 92.8 cm³/mol. The van der Waals surface area contributed by atoms with Crippen molar-refractivity contribution in [3.8, 4) is 0 Å². The van der Waals surface area contributed by atoms with Gasteiger partial charge in [-0.2, -0.15) is 0 Å². The van der Waals surface area contributed by atoms with Gasteiger partial charge in [-0.3, -0.25) is 0 Å². The van der Waals surface area contributed by atoms with Crippen LogP contribution in [0.3, 0.4) is 0 Å². The molecule has 4 heteroatoms. The van der Waals surface area contributed by atoms with E-state index in [4.69, 9.17) is 5.73 Å². The van der Waals surface area contributed by atoms with Crippen LogP contribution in [-0.4, -0.2) is 19.6 Å². The van der Waals surface area contributed by atoms with Gasteiger partial charge in [-0.15, -0.1) is 11.3 Å². The molecular weight excluding hydrogens is 332 g/mol. The summed E-state index contributed by atoms with van der Waals surface area (Å²) in [6, 6.07) is 11.3. The Morgan fingerprint density at radius 1 is 1.35 bits per heavy atom. The van der Waals surface area contributed by atoms with Crippen molar-refractivity contribution in [1.29, 1.82) is 0 Å². The largest absolute Gasteiger partial charge is 0.371 e. The van der Waals surface area contributed by atoms with Crippen LogP contribution in [0.2, 0.25) is 0 Å². The van der Waals surface area contributed by atoms with Gasteiger partial charge in [0.25, 0.3) is 0 Å². The predicted octanol–water partition coefficient (Wildman–Crippen LogP) is 4.08. The van der Waals surface area contributed by atoms with Crippen molar-refractivity contribution in [2.45, 2.75) is 25.8 Å². The van der Waals surface area contributed by atoms with Crippen LogP contribution in [-0.2, 0) is 12.8 Å². The number of nitrogens with zero attached hydrogens (tertiary/aromatic N) is 1. The summed E-state index contributed by atoms with van der Waals surface area (Å²) in [6.45, 7) is 2.95. The van der Waals surface area contributed by atoms with Gasteiger partial charge in [-0.05, 0) is 49.0 Å². The highest BCUT2D eigenvalue weighted by molar-refractivity contribution is 9.10. The van der Waals surface area contributed by atoms with Crippen LogP contribution in [0.15, 0.2) is 40.2 Å². The lowest BCUT2D eigenvalue weighted by atomic mass is 10.1. The first-order chi connectivity index (χ1) is 9.61. The molecular formula is C16H21BrN2S. The van der Waals surface area contributed by atoms with Crippen LogP contribution in [0.5, 0.6) is 0 Å². The van der Waals surface area contributed by atoms with Crippen LogP contribution in [0, 0.1) is 0 Å². The first-order valence-corrected chi connectivity index (χ1v) is 8.52. The zero-order valence-corrected chi connectivity index (χ0v) is 14.4.